The molecule has 1 unspecified atom stereocenters. The zero-order valence-corrected chi connectivity index (χ0v) is 17.1. The number of carbonyl (C=O) groups excluding carboxylic acids is 1. The first kappa shape index (κ1) is 21.4. The number of halogens is 1. The minimum Gasteiger partial charge on any atom is -0.453 e. The van der Waals surface area contributed by atoms with Gasteiger partial charge in [0.05, 0.1) is 36.4 Å². The lowest BCUT2D eigenvalue weighted by Gasteiger charge is -2.27. The second-order valence-electron chi connectivity index (χ2n) is 6.27. The van der Waals surface area contributed by atoms with Crippen LogP contribution < -0.4 is 5.32 Å². The lowest BCUT2D eigenvalue weighted by atomic mass is 10.1. The predicted molar refractivity (Wildman–Crippen MR) is 110 cm³/mol. The molecule has 0 aromatic heterocycles. The van der Waals surface area contributed by atoms with Crippen LogP contribution in [0, 0.1) is 22.7 Å². The van der Waals surface area contributed by atoms with Crippen molar-refractivity contribution < 1.29 is 9.53 Å². The Morgan fingerprint density at radius 3 is 1.86 bits per heavy atom. The van der Waals surface area contributed by atoms with Gasteiger partial charge in [-0.15, -0.1) is 0 Å². The quantitative estimate of drug-likeness (QED) is 0.633. The number of nitrogens with zero attached hydrogens (tertiary/aromatic N) is 3. The lowest BCUT2D eigenvalue weighted by molar-refractivity contribution is 0.160. The minimum absolute atomic E-state index is 0.135. The second-order valence-corrected chi connectivity index (χ2v) is 6.92. The summed E-state index contributed by atoms with van der Waals surface area (Å²) < 4.78 is 4.70. The lowest BCUT2D eigenvalue weighted by Crippen LogP contribution is -2.44. The van der Waals surface area contributed by atoms with Crippen LogP contribution in [0.15, 0.2) is 48.5 Å². The predicted octanol–water partition coefficient (Wildman–Crippen LogP) is 3.55. The van der Waals surface area contributed by atoms with E-state index >= 15 is 0 Å². The fourth-order valence-electron chi connectivity index (χ4n) is 2.74. The Kier molecular flexibility index (Phi) is 8.48. The van der Waals surface area contributed by atoms with Gasteiger partial charge in [0, 0.05) is 25.0 Å². The van der Waals surface area contributed by atoms with Crippen LogP contribution in [0.3, 0.4) is 0 Å². The number of methoxy groups -OCH3 is 1. The maximum absolute atomic E-state index is 11.6. The molecule has 2 aromatic rings. The molecule has 0 aliphatic carbocycles. The van der Waals surface area contributed by atoms with E-state index in [1.54, 1.807) is 24.3 Å². The van der Waals surface area contributed by atoms with Crippen molar-refractivity contribution in [1.29, 1.82) is 10.5 Å². The summed E-state index contributed by atoms with van der Waals surface area (Å²) in [6, 6.07) is 19.0. The van der Waals surface area contributed by atoms with Gasteiger partial charge in [0.1, 0.15) is 0 Å². The van der Waals surface area contributed by atoms with Crippen LogP contribution in [-0.4, -0.2) is 36.0 Å². The Balaban J connectivity index is 2.16. The minimum atomic E-state index is -0.471. The van der Waals surface area contributed by atoms with Gasteiger partial charge >= 0.3 is 6.09 Å². The van der Waals surface area contributed by atoms with Crippen LogP contribution in [0.1, 0.15) is 22.3 Å². The number of alkyl carbamates (subject to hydrolysis) is 1. The molecule has 2 aromatic carbocycles. The Labute approximate surface area is 173 Å². The third-order valence-corrected chi connectivity index (χ3v) is 4.93. The van der Waals surface area contributed by atoms with Gasteiger partial charge in [0.25, 0.3) is 0 Å². The molecule has 7 heteroatoms. The standard InChI is InChI=1S/C21H21BrN4O2/c1-28-21(27)25-20(10-22)15-26(13-18-6-2-16(11-23)3-7-18)14-19-8-4-17(12-24)5-9-19/h2-9,20H,10,13-15H2,1H3,(H,25,27). The Hall–Kier alpha value is -2.87. The number of nitriles is 2. The van der Waals surface area contributed by atoms with Crippen LogP contribution in [0.2, 0.25) is 0 Å². The third kappa shape index (κ3) is 6.70. The molecule has 1 atom stereocenters. The van der Waals surface area contributed by atoms with Crippen molar-refractivity contribution in [2.75, 3.05) is 19.0 Å². The molecule has 0 spiro atoms. The summed E-state index contributed by atoms with van der Waals surface area (Å²) in [6.45, 7) is 1.90. The number of rotatable bonds is 8. The van der Waals surface area contributed by atoms with Gasteiger partial charge in [-0.1, -0.05) is 40.2 Å². The van der Waals surface area contributed by atoms with Crippen LogP contribution in [-0.2, 0) is 17.8 Å². The van der Waals surface area contributed by atoms with Gasteiger partial charge in [-0.3, -0.25) is 4.90 Å². The van der Waals surface area contributed by atoms with Gasteiger partial charge in [-0.05, 0) is 35.4 Å². The number of nitrogens with one attached hydrogen (secondary N) is 1. The highest BCUT2D eigenvalue weighted by molar-refractivity contribution is 9.09. The summed E-state index contributed by atoms with van der Waals surface area (Å²) in [7, 11) is 1.34. The highest BCUT2D eigenvalue weighted by Crippen LogP contribution is 2.13. The Bertz CT molecular complexity index is 794. The molecule has 0 saturated heterocycles. The molecule has 0 aliphatic heterocycles. The zero-order valence-electron chi connectivity index (χ0n) is 15.6. The summed E-state index contributed by atoms with van der Waals surface area (Å²) in [5.41, 5.74) is 3.37. The molecule has 6 nitrogen and oxygen atoms in total. The average molecular weight is 441 g/mol. The summed E-state index contributed by atoms with van der Waals surface area (Å²) in [6.07, 6.45) is -0.471. The second kappa shape index (κ2) is 11.1. The third-order valence-electron chi connectivity index (χ3n) is 4.15. The first-order chi connectivity index (χ1) is 13.6. The van der Waals surface area contributed by atoms with Crippen LogP contribution >= 0.6 is 15.9 Å². The van der Waals surface area contributed by atoms with Gasteiger partial charge in [0.2, 0.25) is 0 Å². The molecule has 0 bridgehead atoms. The van der Waals surface area contributed by atoms with Gasteiger partial charge in [-0.25, -0.2) is 4.79 Å². The highest BCUT2D eigenvalue weighted by atomic mass is 79.9. The molecule has 0 saturated carbocycles. The number of alkyl halides is 1. The summed E-state index contributed by atoms with van der Waals surface area (Å²) >= 11 is 3.44. The van der Waals surface area contributed by atoms with Crippen LogP contribution in [0.4, 0.5) is 4.79 Å². The van der Waals surface area contributed by atoms with Crippen LogP contribution in [0.5, 0.6) is 0 Å². The first-order valence-electron chi connectivity index (χ1n) is 8.68. The fraction of sp³-hybridized carbons (Fsp3) is 0.286. The molecule has 0 radical (unpaired) electrons. The normalized spacial score (nSPS) is 11.3. The number of carbonyl (C=O) groups is 1. The fourth-order valence-corrected chi connectivity index (χ4v) is 3.11. The van der Waals surface area contributed by atoms with Crippen molar-refractivity contribution in [2.24, 2.45) is 0 Å². The van der Waals surface area contributed by atoms with E-state index in [2.05, 4.69) is 38.3 Å². The van der Waals surface area contributed by atoms with E-state index in [9.17, 15) is 4.79 Å². The van der Waals surface area contributed by atoms with Gasteiger partial charge in [-0.2, -0.15) is 10.5 Å². The molecule has 1 N–H and O–H groups in total. The molecule has 0 fully saturated rings. The number of hydrogen-bond donors (Lipinski definition) is 1. The molecule has 1 amide bonds. The summed E-state index contributed by atoms with van der Waals surface area (Å²) in [4.78, 5) is 13.8. The molecule has 144 valence electrons. The zero-order chi connectivity index (χ0) is 20.4. The molecule has 0 heterocycles. The molecular formula is C21H21BrN4O2. The Morgan fingerprint density at radius 1 is 1.04 bits per heavy atom. The van der Waals surface area contributed by atoms with E-state index in [4.69, 9.17) is 15.3 Å². The summed E-state index contributed by atoms with van der Waals surface area (Å²) in [5, 5.41) is 21.3. The van der Waals surface area contributed by atoms with E-state index < -0.39 is 6.09 Å². The number of benzene rings is 2. The van der Waals surface area contributed by atoms with Crippen molar-refractivity contribution in [3.63, 3.8) is 0 Å². The average Bonchev–Trinajstić information content (AvgIpc) is 2.74. The largest absolute Gasteiger partial charge is 0.453 e. The maximum atomic E-state index is 11.6. The number of hydrogen-bond acceptors (Lipinski definition) is 5. The van der Waals surface area contributed by atoms with E-state index in [0.29, 0.717) is 36.1 Å². The highest BCUT2D eigenvalue weighted by Gasteiger charge is 2.17. The van der Waals surface area contributed by atoms with Crippen molar-refractivity contribution in [1.82, 2.24) is 10.2 Å². The van der Waals surface area contributed by atoms with Gasteiger partial charge in [0.15, 0.2) is 0 Å². The van der Waals surface area contributed by atoms with E-state index in [-0.39, 0.29) is 6.04 Å². The number of ether oxygens (including phenoxy) is 1. The Morgan fingerprint density at radius 2 is 1.50 bits per heavy atom. The van der Waals surface area contributed by atoms with Crippen molar-refractivity contribution in [2.45, 2.75) is 19.1 Å². The summed E-state index contributed by atoms with van der Waals surface area (Å²) in [5.74, 6) is 0. The smallest absolute Gasteiger partial charge is 0.407 e. The van der Waals surface area contributed by atoms with Crippen molar-refractivity contribution >= 4 is 22.0 Å². The van der Waals surface area contributed by atoms with E-state index in [0.717, 1.165) is 11.1 Å². The van der Waals surface area contributed by atoms with Crippen molar-refractivity contribution in [3.8, 4) is 12.1 Å². The molecule has 28 heavy (non-hydrogen) atoms. The van der Waals surface area contributed by atoms with E-state index in [1.165, 1.54) is 7.11 Å². The number of amides is 1. The van der Waals surface area contributed by atoms with Gasteiger partial charge < -0.3 is 10.1 Å². The monoisotopic (exact) mass is 440 g/mol. The SMILES string of the molecule is COC(=O)NC(CBr)CN(Cc1ccc(C#N)cc1)Cc1ccc(C#N)cc1. The van der Waals surface area contributed by atoms with E-state index in [1.807, 2.05) is 24.3 Å². The topological polar surface area (TPSA) is 89.2 Å². The molecule has 2 rings (SSSR count). The van der Waals surface area contributed by atoms with Crippen molar-refractivity contribution in [3.05, 3.63) is 70.8 Å². The molecular weight excluding hydrogens is 420 g/mol. The van der Waals surface area contributed by atoms with Crippen LogP contribution in [0.25, 0.3) is 0 Å². The first-order valence-corrected chi connectivity index (χ1v) is 9.81. The maximum Gasteiger partial charge on any atom is 0.407 e. The molecule has 0 aliphatic rings.